The van der Waals surface area contributed by atoms with E-state index in [0.29, 0.717) is 13.2 Å². The van der Waals surface area contributed by atoms with E-state index in [1.807, 2.05) is 13.8 Å². The van der Waals surface area contributed by atoms with Gasteiger partial charge in [0.1, 0.15) is 5.25 Å². The lowest BCUT2D eigenvalue weighted by Crippen LogP contribution is -2.23. The van der Waals surface area contributed by atoms with Gasteiger partial charge in [-0.25, -0.2) is 0 Å². The normalized spacial score (nSPS) is 13.0. The fraction of sp³-hybridized carbons (Fsp3) is 0.889. The van der Waals surface area contributed by atoms with Crippen molar-refractivity contribution >= 4 is 18.6 Å². The van der Waals surface area contributed by atoms with Gasteiger partial charge in [0.2, 0.25) is 0 Å². The summed E-state index contributed by atoms with van der Waals surface area (Å²) >= 11 is 4.14. The Morgan fingerprint density at radius 2 is 2.00 bits per heavy atom. The Hall–Kier alpha value is -0.220. The van der Waals surface area contributed by atoms with Crippen LogP contribution in [0.3, 0.4) is 0 Å². The van der Waals surface area contributed by atoms with E-state index < -0.39 is 0 Å². The van der Waals surface area contributed by atoms with Crippen LogP contribution in [-0.2, 0) is 14.3 Å². The first kappa shape index (κ1) is 12.8. The standard InChI is InChI=1S/C9H18O3S/c1-7(2)8(13)9(10)12-6-4-5-11-3/h7-8,13H,4-6H2,1-3H3. The molecule has 0 rings (SSSR count). The molecular formula is C9H18O3S. The maximum absolute atomic E-state index is 11.2. The van der Waals surface area contributed by atoms with Gasteiger partial charge in [0.25, 0.3) is 0 Å². The monoisotopic (exact) mass is 206 g/mol. The molecule has 78 valence electrons. The molecule has 0 heterocycles. The fourth-order valence-corrected chi connectivity index (χ4v) is 0.808. The van der Waals surface area contributed by atoms with Gasteiger partial charge in [-0.15, -0.1) is 0 Å². The summed E-state index contributed by atoms with van der Waals surface area (Å²) in [5.74, 6) is -0.0345. The van der Waals surface area contributed by atoms with Gasteiger partial charge < -0.3 is 9.47 Å². The number of thiol groups is 1. The molecule has 0 fully saturated rings. The predicted molar refractivity (Wildman–Crippen MR) is 55.1 cm³/mol. The van der Waals surface area contributed by atoms with Gasteiger partial charge in [0, 0.05) is 20.1 Å². The molecule has 0 saturated heterocycles. The molecule has 1 atom stereocenters. The quantitative estimate of drug-likeness (QED) is 0.406. The molecule has 13 heavy (non-hydrogen) atoms. The molecule has 0 spiro atoms. The molecule has 0 aliphatic carbocycles. The van der Waals surface area contributed by atoms with Gasteiger partial charge in [-0.1, -0.05) is 13.8 Å². The van der Waals surface area contributed by atoms with E-state index in [0.717, 1.165) is 6.42 Å². The number of hydrogen-bond acceptors (Lipinski definition) is 4. The summed E-state index contributed by atoms with van der Waals surface area (Å²) in [4.78, 5) is 11.2. The topological polar surface area (TPSA) is 35.5 Å². The number of esters is 1. The molecular weight excluding hydrogens is 188 g/mol. The maximum atomic E-state index is 11.2. The maximum Gasteiger partial charge on any atom is 0.319 e. The minimum Gasteiger partial charge on any atom is -0.465 e. The SMILES string of the molecule is COCCCOC(=O)C(S)C(C)C. The predicted octanol–water partition coefficient (Wildman–Crippen LogP) is 1.52. The summed E-state index contributed by atoms with van der Waals surface area (Å²) < 4.78 is 9.79. The fourth-order valence-electron chi connectivity index (χ4n) is 0.734. The van der Waals surface area contributed by atoms with Gasteiger partial charge in [-0.3, -0.25) is 4.79 Å². The van der Waals surface area contributed by atoms with Crippen LogP contribution in [0.5, 0.6) is 0 Å². The first-order chi connectivity index (χ1) is 6.09. The number of methoxy groups -OCH3 is 1. The van der Waals surface area contributed by atoms with E-state index >= 15 is 0 Å². The molecule has 4 heteroatoms. The van der Waals surface area contributed by atoms with Crippen LogP contribution in [0.4, 0.5) is 0 Å². The Morgan fingerprint density at radius 3 is 2.46 bits per heavy atom. The van der Waals surface area contributed by atoms with E-state index in [-0.39, 0.29) is 17.1 Å². The Bertz CT molecular complexity index is 148. The van der Waals surface area contributed by atoms with E-state index in [9.17, 15) is 4.79 Å². The summed E-state index contributed by atoms with van der Waals surface area (Å²) in [5, 5.41) is -0.317. The molecule has 0 aromatic heterocycles. The third-order valence-electron chi connectivity index (χ3n) is 1.61. The van der Waals surface area contributed by atoms with Crippen LogP contribution in [0.2, 0.25) is 0 Å². The van der Waals surface area contributed by atoms with Gasteiger partial charge in [0.05, 0.1) is 6.61 Å². The molecule has 1 unspecified atom stereocenters. The van der Waals surface area contributed by atoms with Gasteiger partial charge in [-0.2, -0.15) is 12.6 Å². The van der Waals surface area contributed by atoms with E-state index in [1.165, 1.54) is 0 Å². The number of rotatable bonds is 6. The summed E-state index contributed by atoms with van der Waals surface area (Å²) in [6.45, 7) is 4.91. The smallest absolute Gasteiger partial charge is 0.319 e. The summed E-state index contributed by atoms with van der Waals surface area (Å²) in [5.41, 5.74) is 0. The van der Waals surface area contributed by atoms with Crippen molar-refractivity contribution in [1.82, 2.24) is 0 Å². The second kappa shape index (κ2) is 7.21. The third-order valence-corrected chi connectivity index (χ3v) is 2.42. The van der Waals surface area contributed by atoms with Crippen LogP contribution in [-0.4, -0.2) is 31.5 Å². The van der Waals surface area contributed by atoms with Gasteiger partial charge in [-0.05, 0) is 5.92 Å². The Morgan fingerprint density at radius 1 is 1.38 bits per heavy atom. The average molecular weight is 206 g/mol. The zero-order valence-electron chi connectivity index (χ0n) is 8.45. The molecule has 0 aliphatic heterocycles. The largest absolute Gasteiger partial charge is 0.465 e. The van der Waals surface area contributed by atoms with Crippen molar-refractivity contribution in [1.29, 1.82) is 0 Å². The Kier molecular flexibility index (Phi) is 7.09. The number of hydrogen-bond donors (Lipinski definition) is 1. The van der Waals surface area contributed by atoms with Crippen LogP contribution < -0.4 is 0 Å². The zero-order valence-corrected chi connectivity index (χ0v) is 9.34. The number of carbonyl (C=O) groups excluding carboxylic acids is 1. The summed E-state index contributed by atoms with van der Waals surface area (Å²) in [7, 11) is 1.62. The lowest BCUT2D eigenvalue weighted by atomic mass is 10.1. The van der Waals surface area contributed by atoms with Gasteiger partial charge in [0.15, 0.2) is 0 Å². The number of ether oxygens (including phenoxy) is 2. The van der Waals surface area contributed by atoms with E-state index in [1.54, 1.807) is 7.11 Å². The van der Waals surface area contributed by atoms with Crippen molar-refractivity contribution in [2.75, 3.05) is 20.3 Å². The second-order valence-electron chi connectivity index (χ2n) is 3.20. The molecule has 0 saturated carbocycles. The van der Waals surface area contributed by atoms with Crippen molar-refractivity contribution in [3.8, 4) is 0 Å². The molecule has 0 radical (unpaired) electrons. The van der Waals surface area contributed by atoms with Crippen molar-refractivity contribution in [3.63, 3.8) is 0 Å². The van der Waals surface area contributed by atoms with E-state index in [2.05, 4.69) is 12.6 Å². The van der Waals surface area contributed by atoms with Crippen LogP contribution in [0, 0.1) is 5.92 Å². The molecule has 3 nitrogen and oxygen atoms in total. The highest BCUT2D eigenvalue weighted by atomic mass is 32.1. The van der Waals surface area contributed by atoms with Crippen molar-refractivity contribution in [3.05, 3.63) is 0 Å². The molecule has 0 N–H and O–H groups in total. The summed E-state index contributed by atoms with van der Waals surface area (Å²) in [6, 6.07) is 0. The minimum absolute atomic E-state index is 0.207. The molecule has 0 amide bonds. The molecule has 0 aromatic rings. The van der Waals surface area contributed by atoms with Crippen LogP contribution >= 0.6 is 12.6 Å². The van der Waals surface area contributed by atoms with Crippen LogP contribution in [0.15, 0.2) is 0 Å². The van der Waals surface area contributed by atoms with Crippen molar-refractivity contribution < 1.29 is 14.3 Å². The van der Waals surface area contributed by atoms with Crippen LogP contribution in [0.25, 0.3) is 0 Å². The molecule has 0 bridgehead atoms. The third kappa shape index (κ3) is 5.93. The minimum atomic E-state index is -0.317. The average Bonchev–Trinajstić information content (AvgIpc) is 2.10. The van der Waals surface area contributed by atoms with Gasteiger partial charge >= 0.3 is 5.97 Å². The molecule has 0 aromatic carbocycles. The van der Waals surface area contributed by atoms with Crippen molar-refractivity contribution in [2.24, 2.45) is 5.92 Å². The van der Waals surface area contributed by atoms with E-state index in [4.69, 9.17) is 9.47 Å². The first-order valence-electron chi connectivity index (χ1n) is 4.43. The highest BCUT2D eigenvalue weighted by Crippen LogP contribution is 2.10. The zero-order chi connectivity index (χ0) is 10.3. The van der Waals surface area contributed by atoms with Crippen molar-refractivity contribution in [2.45, 2.75) is 25.5 Å². The lowest BCUT2D eigenvalue weighted by molar-refractivity contribution is -0.144. The van der Waals surface area contributed by atoms with Crippen LogP contribution in [0.1, 0.15) is 20.3 Å². The second-order valence-corrected chi connectivity index (χ2v) is 3.76. The first-order valence-corrected chi connectivity index (χ1v) is 4.95. The number of carbonyl (C=O) groups is 1. The highest BCUT2D eigenvalue weighted by molar-refractivity contribution is 7.81. The Balaban J connectivity index is 3.50. The highest BCUT2D eigenvalue weighted by Gasteiger charge is 2.18. The molecule has 0 aliphatic rings. The summed E-state index contributed by atoms with van der Waals surface area (Å²) in [6.07, 6.45) is 0.737. The lowest BCUT2D eigenvalue weighted by Gasteiger charge is -2.13. The Labute approximate surface area is 85.2 Å².